The van der Waals surface area contributed by atoms with Crippen LogP contribution in [-0.4, -0.2) is 39.2 Å². The molecule has 15 heavy (non-hydrogen) atoms. The van der Waals surface area contributed by atoms with E-state index in [0.29, 0.717) is 0 Å². The summed E-state index contributed by atoms with van der Waals surface area (Å²) in [4.78, 5) is 2.41. The van der Waals surface area contributed by atoms with E-state index in [9.17, 15) is 0 Å². The van der Waals surface area contributed by atoms with Crippen LogP contribution in [0.25, 0.3) is 0 Å². The molecule has 90 valence electrons. The Morgan fingerprint density at radius 1 is 0.933 bits per heavy atom. The Morgan fingerprint density at radius 3 is 1.80 bits per heavy atom. The number of hydrogen-bond donors (Lipinski definition) is 0. The summed E-state index contributed by atoms with van der Waals surface area (Å²) in [5.41, 5.74) is 0. The molecule has 0 aliphatic carbocycles. The van der Waals surface area contributed by atoms with E-state index < -0.39 is 0 Å². The normalized spacial score (nSPS) is 13.2. The maximum atomic E-state index is 2.41. The van der Waals surface area contributed by atoms with Gasteiger partial charge in [0.25, 0.3) is 14.1 Å². The van der Waals surface area contributed by atoms with Crippen LogP contribution in [0.3, 0.4) is 0 Å². The summed E-state index contributed by atoms with van der Waals surface area (Å²) in [7, 11) is 4.45. The Hall–Kier alpha value is 0.492. The van der Waals surface area contributed by atoms with Crippen LogP contribution in [0.5, 0.6) is 0 Å². The van der Waals surface area contributed by atoms with Crippen LogP contribution in [0.1, 0.15) is 46.5 Å². The predicted molar refractivity (Wildman–Crippen MR) is 73.1 cm³/mol. The van der Waals surface area contributed by atoms with Gasteiger partial charge < -0.3 is 4.90 Å². The van der Waals surface area contributed by atoms with Crippen LogP contribution in [0, 0.1) is 0 Å². The van der Waals surface area contributed by atoms with Crippen molar-refractivity contribution in [3.63, 3.8) is 0 Å². The van der Waals surface area contributed by atoms with Crippen LogP contribution in [0.15, 0.2) is 0 Å². The summed E-state index contributed by atoms with van der Waals surface area (Å²) in [6.07, 6.45) is 5.58. The van der Waals surface area contributed by atoms with Crippen LogP contribution < -0.4 is 0 Å². The molecule has 0 saturated carbocycles. The molecule has 1 unspecified atom stereocenters. The molecular formula is C13H30AlN. The smallest absolute Gasteiger partial charge is 0.261 e. The Morgan fingerprint density at radius 2 is 1.47 bits per heavy atom. The average molecular weight is 227 g/mol. The summed E-state index contributed by atoms with van der Waals surface area (Å²) in [5, 5.41) is 4.70. The zero-order valence-corrected chi connectivity index (χ0v) is 12.7. The van der Waals surface area contributed by atoms with Crippen molar-refractivity contribution >= 4 is 14.1 Å². The zero-order valence-electron chi connectivity index (χ0n) is 11.6. The lowest BCUT2D eigenvalue weighted by atomic mass is 10.1. The molecule has 0 amide bonds. The van der Waals surface area contributed by atoms with Crippen LogP contribution in [0.4, 0.5) is 0 Å². The monoisotopic (exact) mass is 227 g/mol. The first-order valence-corrected chi connectivity index (χ1v) is 9.26. The fourth-order valence-electron chi connectivity index (χ4n) is 2.51. The minimum atomic E-state index is -0.372. The van der Waals surface area contributed by atoms with E-state index in [1.54, 1.807) is 15.8 Å². The molecule has 1 nitrogen and oxygen atoms in total. The number of hydrogen-bond acceptors (Lipinski definition) is 1. The summed E-state index contributed by atoms with van der Waals surface area (Å²) in [6.45, 7) is 7.01. The molecule has 0 aromatic rings. The highest BCUT2D eigenvalue weighted by Gasteiger charge is 2.17. The highest BCUT2D eigenvalue weighted by Crippen LogP contribution is 2.17. The lowest BCUT2D eigenvalue weighted by molar-refractivity contribution is 0.278. The van der Waals surface area contributed by atoms with Crippen LogP contribution in [-0.2, 0) is 0 Å². The second-order valence-electron chi connectivity index (χ2n) is 5.05. The largest absolute Gasteiger partial charge is 0.307 e. The highest BCUT2D eigenvalue weighted by atomic mass is 27.2. The van der Waals surface area contributed by atoms with E-state index in [2.05, 4.69) is 39.8 Å². The van der Waals surface area contributed by atoms with Gasteiger partial charge in [-0.05, 0) is 26.9 Å². The van der Waals surface area contributed by atoms with Gasteiger partial charge in [0.2, 0.25) is 0 Å². The van der Waals surface area contributed by atoms with E-state index in [4.69, 9.17) is 0 Å². The van der Waals surface area contributed by atoms with Gasteiger partial charge in [-0.2, -0.15) is 0 Å². The van der Waals surface area contributed by atoms with Crippen molar-refractivity contribution in [2.45, 2.75) is 68.3 Å². The molecular weight excluding hydrogens is 197 g/mol. The van der Waals surface area contributed by atoms with Gasteiger partial charge in [0.1, 0.15) is 0 Å². The van der Waals surface area contributed by atoms with Gasteiger partial charge in [-0.15, -0.1) is 0 Å². The molecule has 0 N–H and O–H groups in total. The topological polar surface area (TPSA) is 3.24 Å². The molecule has 0 aromatic heterocycles. The molecule has 0 aromatic carbocycles. The first kappa shape index (κ1) is 15.5. The fraction of sp³-hybridized carbons (Fsp3) is 1.00. The van der Waals surface area contributed by atoms with Crippen molar-refractivity contribution < 1.29 is 0 Å². The molecule has 0 aliphatic rings. The molecule has 0 fully saturated rings. The van der Waals surface area contributed by atoms with E-state index in [1.807, 2.05) is 0 Å². The number of nitrogens with zero attached hydrogens (tertiary/aromatic N) is 1. The van der Waals surface area contributed by atoms with Gasteiger partial charge in [0.05, 0.1) is 0 Å². The van der Waals surface area contributed by atoms with E-state index in [1.165, 1.54) is 25.7 Å². The zero-order chi connectivity index (χ0) is 11.7. The van der Waals surface area contributed by atoms with Gasteiger partial charge in [0.15, 0.2) is 0 Å². The molecule has 1 atom stereocenters. The Bertz CT molecular complexity index is 130. The second-order valence-corrected chi connectivity index (χ2v) is 8.51. The Balaban J connectivity index is 3.84. The van der Waals surface area contributed by atoms with Crippen LogP contribution >= 0.6 is 0 Å². The first-order valence-electron chi connectivity index (χ1n) is 6.82. The van der Waals surface area contributed by atoms with Gasteiger partial charge in [-0.25, -0.2) is 0 Å². The minimum absolute atomic E-state index is 0.372. The third-order valence-electron chi connectivity index (χ3n) is 3.50. The molecule has 0 rings (SSSR count). The predicted octanol–water partition coefficient (Wildman–Crippen LogP) is 4.03. The van der Waals surface area contributed by atoms with Crippen molar-refractivity contribution in [3.8, 4) is 0 Å². The maximum absolute atomic E-state index is 2.41. The summed E-state index contributed by atoms with van der Waals surface area (Å²) < 4.78 is 0. The molecule has 0 saturated heterocycles. The fourth-order valence-corrected chi connectivity index (χ4v) is 5.86. The van der Waals surface area contributed by atoms with Gasteiger partial charge in [-0.3, -0.25) is 0 Å². The maximum Gasteiger partial charge on any atom is 0.261 e. The third kappa shape index (κ3) is 7.39. The van der Waals surface area contributed by atoms with E-state index in [-0.39, 0.29) is 14.1 Å². The van der Waals surface area contributed by atoms with Crippen molar-refractivity contribution in [1.29, 1.82) is 0 Å². The molecule has 0 spiro atoms. The highest BCUT2D eigenvalue weighted by molar-refractivity contribution is 6.58. The van der Waals surface area contributed by atoms with Crippen LogP contribution in [0.2, 0.25) is 15.8 Å². The van der Waals surface area contributed by atoms with Crippen molar-refractivity contribution in [2.24, 2.45) is 0 Å². The molecule has 0 heterocycles. The molecule has 2 heteroatoms. The summed E-state index contributed by atoms with van der Waals surface area (Å²) >= 11 is -0.372. The van der Waals surface area contributed by atoms with E-state index in [0.717, 1.165) is 6.04 Å². The SMILES string of the molecule is CC[CH2][Al]([CH2]CC)[CH2]CC(CC)N(C)C. The van der Waals surface area contributed by atoms with Gasteiger partial charge >= 0.3 is 0 Å². The molecule has 0 radical (unpaired) electrons. The summed E-state index contributed by atoms with van der Waals surface area (Å²) in [6, 6.07) is 0.828. The lowest BCUT2D eigenvalue weighted by Crippen LogP contribution is -2.28. The van der Waals surface area contributed by atoms with Gasteiger partial charge in [-0.1, -0.05) is 49.5 Å². The Kier molecular flexibility index (Phi) is 10.0. The standard InChI is InChI=1S/C7H16N.2C3H7.Al/c1-5-7(6-2)8(3)4;2*1-3-2;/h7H,1,5-6H2,2-4H3;2*1,3H2,2H3;. The molecule has 0 aliphatic heterocycles. The minimum Gasteiger partial charge on any atom is -0.307 e. The second kappa shape index (κ2) is 9.70. The quantitative estimate of drug-likeness (QED) is 0.537. The van der Waals surface area contributed by atoms with Gasteiger partial charge in [0, 0.05) is 6.04 Å². The van der Waals surface area contributed by atoms with E-state index >= 15 is 0 Å². The van der Waals surface area contributed by atoms with Crippen molar-refractivity contribution in [3.05, 3.63) is 0 Å². The van der Waals surface area contributed by atoms with Crippen molar-refractivity contribution in [1.82, 2.24) is 4.90 Å². The third-order valence-corrected chi connectivity index (χ3v) is 7.44. The summed E-state index contributed by atoms with van der Waals surface area (Å²) in [5.74, 6) is 0. The molecule has 0 bridgehead atoms. The Labute approximate surface area is 102 Å². The van der Waals surface area contributed by atoms with Crippen molar-refractivity contribution in [2.75, 3.05) is 14.1 Å². The first-order chi connectivity index (χ1) is 7.15. The average Bonchev–Trinajstić information content (AvgIpc) is 2.18. The number of rotatable bonds is 9. The lowest BCUT2D eigenvalue weighted by Gasteiger charge is -2.24.